The van der Waals surface area contributed by atoms with Gasteiger partial charge < -0.3 is 11.1 Å². The third kappa shape index (κ3) is 2.44. The van der Waals surface area contributed by atoms with Crippen LogP contribution in [0.3, 0.4) is 0 Å². The highest BCUT2D eigenvalue weighted by atomic mass is 35.5. The van der Waals surface area contributed by atoms with Crippen LogP contribution < -0.4 is 11.1 Å². The van der Waals surface area contributed by atoms with Crippen molar-refractivity contribution in [1.82, 2.24) is 5.32 Å². The van der Waals surface area contributed by atoms with Gasteiger partial charge in [-0.15, -0.1) is 0 Å². The van der Waals surface area contributed by atoms with Crippen LogP contribution in [0.2, 0.25) is 5.02 Å². The van der Waals surface area contributed by atoms with E-state index in [1.807, 2.05) is 0 Å². The fourth-order valence-electron chi connectivity index (χ4n) is 0.886. The molecule has 0 aliphatic heterocycles. The maximum atomic E-state index is 13.0. The molecule has 1 rings (SSSR count). The van der Waals surface area contributed by atoms with Crippen LogP contribution in [0.15, 0.2) is 18.2 Å². The Labute approximate surface area is 75.5 Å². The highest BCUT2D eigenvalue weighted by Gasteiger charge is 2.00. The van der Waals surface area contributed by atoms with Gasteiger partial charge in [0.25, 0.3) is 0 Å². The van der Waals surface area contributed by atoms with Gasteiger partial charge in [0.2, 0.25) is 0 Å². The zero-order valence-electron chi connectivity index (χ0n) is 6.48. The summed E-state index contributed by atoms with van der Waals surface area (Å²) in [4.78, 5) is 0. The van der Waals surface area contributed by atoms with E-state index in [1.165, 1.54) is 12.1 Å². The summed E-state index contributed by atoms with van der Waals surface area (Å²) in [7, 11) is 0. The number of hydrogen-bond donors (Lipinski definition) is 2. The molecule has 0 aliphatic carbocycles. The number of benzene rings is 1. The van der Waals surface area contributed by atoms with E-state index in [-0.39, 0.29) is 5.82 Å². The lowest BCUT2D eigenvalue weighted by atomic mass is 10.2. The van der Waals surface area contributed by atoms with Crippen LogP contribution in [-0.2, 0) is 6.54 Å². The lowest BCUT2D eigenvalue weighted by Gasteiger charge is -2.03. The molecule has 0 aliphatic rings. The molecule has 0 unspecified atom stereocenters. The van der Waals surface area contributed by atoms with Gasteiger partial charge >= 0.3 is 0 Å². The molecule has 0 spiro atoms. The number of halogens is 2. The Morgan fingerprint density at radius 1 is 1.50 bits per heavy atom. The average Bonchev–Trinajstić information content (AvgIpc) is 2.07. The van der Waals surface area contributed by atoms with E-state index >= 15 is 0 Å². The number of nitrogens with two attached hydrogens (primary N) is 1. The molecule has 1 aromatic rings. The molecule has 0 saturated carbocycles. The molecule has 4 heteroatoms. The molecular weight excluding hydrogens is 179 g/mol. The number of nitrogens with one attached hydrogen (secondary N) is 1. The summed E-state index contributed by atoms with van der Waals surface area (Å²) < 4.78 is 13.0. The van der Waals surface area contributed by atoms with Crippen LogP contribution in [0.4, 0.5) is 4.39 Å². The van der Waals surface area contributed by atoms with Gasteiger partial charge in [0.15, 0.2) is 0 Å². The Morgan fingerprint density at radius 3 is 2.92 bits per heavy atom. The maximum Gasteiger partial charge on any atom is 0.127 e. The first-order valence-corrected chi connectivity index (χ1v) is 3.96. The Balaban J connectivity index is 2.75. The topological polar surface area (TPSA) is 38.0 Å². The number of rotatable bonds is 3. The molecule has 0 amide bonds. The monoisotopic (exact) mass is 188 g/mol. The van der Waals surface area contributed by atoms with Crippen LogP contribution in [0, 0.1) is 5.82 Å². The summed E-state index contributed by atoms with van der Waals surface area (Å²) in [6, 6.07) is 4.44. The van der Waals surface area contributed by atoms with E-state index in [2.05, 4.69) is 5.32 Å². The molecule has 3 N–H and O–H groups in total. The van der Waals surface area contributed by atoms with Crippen LogP contribution >= 0.6 is 11.6 Å². The summed E-state index contributed by atoms with van der Waals surface area (Å²) >= 11 is 5.67. The minimum atomic E-state index is -0.264. The first kappa shape index (κ1) is 9.45. The second kappa shape index (κ2) is 4.40. The van der Waals surface area contributed by atoms with E-state index in [0.717, 1.165) is 0 Å². The van der Waals surface area contributed by atoms with Crippen molar-refractivity contribution >= 4 is 11.6 Å². The van der Waals surface area contributed by atoms with Gasteiger partial charge in [0.1, 0.15) is 5.82 Å². The molecule has 1 aromatic carbocycles. The summed E-state index contributed by atoms with van der Waals surface area (Å²) in [6.07, 6.45) is 0. The Hall–Kier alpha value is -0.640. The van der Waals surface area contributed by atoms with Gasteiger partial charge in [-0.25, -0.2) is 4.39 Å². The minimum absolute atomic E-state index is 0.264. The first-order valence-electron chi connectivity index (χ1n) is 3.58. The van der Waals surface area contributed by atoms with E-state index in [1.54, 1.807) is 6.07 Å². The fourth-order valence-corrected chi connectivity index (χ4v) is 1.08. The van der Waals surface area contributed by atoms with Crippen LogP contribution in [-0.4, -0.2) is 6.67 Å². The molecule has 0 atom stereocenters. The second-order valence-electron chi connectivity index (χ2n) is 2.37. The maximum absolute atomic E-state index is 13.0. The minimum Gasteiger partial charge on any atom is -0.318 e. The van der Waals surface area contributed by atoms with Crippen molar-refractivity contribution in [2.45, 2.75) is 6.54 Å². The van der Waals surface area contributed by atoms with Gasteiger partial charge in [-0.2, -0.15) is 0 Å². The molecule has 0 fully saturated rings. The third-order valence-corrected chi connectivity index (χ3v) is 1.70. The Kier molecular flexibility index (Phi) is 3.47. The SMILES string of the molecule is NCNCc1cc(Cl)ccc1F. The van der Waals surface area contributed by atoms with E-state index < -0.39 is 0 Å². The van der Waals surface area contributed by atoms with Crippen LogP contribution in [0.1, 0.15) is 5.56 Å². The predicted molar refractivity (Wildman–Crippen MR) is 47.3 cm³/mol. The van der Waals surface area contributed by atoms with E-state index in [9.17, 15) is 4.39 Å². The Bertz CT molecular complexity index is 265. The van der Waals surface area contributed by atoms with Gasteiger partial charge in [-0.05, 0) is 18.2 Å². The molecule has 0 heterocycles. The van der Waals surface area contributed by atoms with Gasteiger partial charge in [0, 0.05) is 23.8 Å². The number of hydrogen-bond acceptors (Lipinski definition) is 2. The predicted octanol–water partition coefficient (Wildman–Crippen LogP) is 1.48. The summed E-state index contributed by atoms with van der Waals surface area (Å²) in [6.45, 7) is 0.731. The third-order valence-electron chi connectivity index (χ3n) is 1.47. The summed E-state index contributed by atoms with van der Waals surface area (Å²) in [5.41, 5.74) is 5.73. The zero-order chi connectivity index (χ0) is 8.97. The van der Waals surface area contributed by atoms with Crippen molar-refractivity contribution in [2.75, 3.05) is 6.67 Å². The molecule has 0 bridgehead atoms. The van der Waals surface area contributed by atoms with Crippen molar-refractivity contribution in [3.63, 3.8) is 0 Å². The largest absolute Gasteiger partial charge is 0.318 e. The normalized spacial score (nSPS) is 10.2. The highest BCUT2D eigenvalue weighted by molar-refractivity contribution is 6.30. The van der Waals surface area contributed by atoms with Gasteiger partial charge in [-0.1, -0.05) is 11.6 Å². The molecular formula is C8H10ClFN2. The van der Waals surface area contributed by atoms with Crippen molar-refractivity contribution in [1.29, 1.82) is 0 Å². The summed E-state index contributed by atoms with van der Waals surface area (Å²) in [5, 5.41) is 3.34. The molecule has 0 radical (unpaired) electrons. The van der Waals surface area contributed by atoms with Crippen LogP contribution in [0.5, 0.6) is 0 Å². The van der Waals surface area contributed by atoms with E-state index in [4.69, 9.17) is 17.3 Å². The van der Waals surface area contributed by atoms with Crippen molar-refractivity contribution in [3.05, 3.63) is 34.6 Å². The molecule has 66 valence electrons. The molecule has 12 heavy (non-hydrogen) atoms. The second-order valence-corrected chi connectivity index (χ2v) is 2.80. The lowest BCUT2D eigenvalue weighted by molar-refractivity contribution is 0.591. The first-order chi connectivity index (χ1) is 5.74. The van der Waals surface area contributed by atoms with Gasteiger partial charge in [-0.3, -0.25) is 0 Å². The Morgan fingerprint density at radius 2 is 2.25 bits per heavy atom. The van der Waals surface area contributed by atoms with Crippen molar-refractivity contribution in [3.8, 4) is 0 Å². The quantitative estimate of drug-likeness (QED) is 0.706. The fraction of sp³-hybridized carbons (Fsp3) is 0.250. The van der Waals surface area contributed by atoms with Crippen molar-refractivity contribution < 1.29 is 4.39 Å². The van der Waals surface area contributed by atoms with Crippen molar-refractivity contribution in [2.24, 2.45) is 5.73 Å². The molecule has 0 saturated heterocycles. The molecule has 2 nitrogen and oxygen atoms in total. The van der Waals surface area contributed by atoms with Crippen LogP contribution in [0.25, 0.3) is 0 Å². The highest BCUT2D eigenvalue weighted by Crippen LogP contribution is 2.14. The average molecular weight is 189 g/mol. The summed E-state index contributed by atoms with van der Waals surface area (Å²) in [5.74, 6) is -0.264. The lowest BCUT2D eigenvalue weighted by Crippen LogP contribution is -2.22. The standard InChI is InChI=1S/C8H10ClFN2/c9-7-1-2-8(10)6(3-7)4-12-5-11/h1-3,12H,4-5,11H2. The molecule has 0 aromatic heterocycles. The van der Waals surface area contributed by atoms with Gasteiger partial charge in [0.05, 0.1) is 0 Å². The van der Waals surface area contributed by atoms with E-state index in [0.29, 0.717) is 23.8 Å². The zero-order valence-corrected chi connectivity index (χ0v) is 7.24. The smallest absolute Gasteiger partial charge is 0.127 e.